The molecule has 0 radical (unpaired) electrons. The van der Waals surface area contributed by atoms with Gasteiger partial charge in [-0.2, -0.15) is 0 Å². The largest absolute Gasteiger partial charge is 0.389 e. The zero-order chi connectivity index (χ0) is 12.0. The second-order valence-corrected chi connectivity index (χ2v) is 3.45. The fraction of sp³-hybridized carbons (Fsp3) is 0.444. The van der Waals surface area contributed by atoms with Crippen molar-refractivity contribution in [1.29, 1.82) is 0 Å². The fourth-order valence-corrected chi connectivity index (χ4v) is 1.09. The number of hydrogen-bond donors (Lipinski definition) is 2. The third-order valence-electron chi connectivity index (χ3n) is 1.72. The number of carbonyl (C=O) groups excluding carboxylic acids is 1. The molecule has 0 saturated heterocycles. The standard InChI is InChI=1S/C9H12ClN3O3/c1-16-5-6(14)4-11-9(15)7-2-3-8(10)13-12-7/h2-3,6,14H,4-5H2,1H3,(H,11,15). The summed E-state index contributed by atoms with van der Waals surface area (Å²) in [5, 5.41) is 19.1. The molecule has 0 fully saturated rings. The Kier molecular flexibility index (Phi) is 5.10. The van der Waals surface area contributed by atoms with Gasteiger partial charge < -0.3 is 15.2 Å². The van der Waals surface area contributed by atoms with Gasteiger partial charge in [0.2, 0.25) is 0 Å². The molecule has 0 aliphatic rings. The highest BCUT2D eigenvalue weighted by molar-refractivity contribution is 6.29. The van der Waals surface area contributed by atoms with Crippen molar-refractivity contribution in [2.75, 3.05) is 20.3 Å². The number of aromatic nitrogens is 2. The minimum atomic E-state index is -0.741. The van der Waals surface area contributed by atoms with Gasteiger partial charge in [0.25, 0.3) is 5.91 Å². The summed E-state index contributed by atoms with van der Waals surface area (Å²) in [6.07, 6.45) is -0.741. The Morgan fingerprint density at radius 1 is 1.62 bits per heavy atom. The lowest BCUT2D eigenvalue weighted by atomic mass is 10.3. The monoisotopic (exact) mass is 245 g/mol. The smallest absolute Gasteiger partial charge is 0.271 e. The number of hydrogen-bond acceptors (Lipinski definition) is 5. The highest BCUT2D eigenvalue weighted by Gasteiger charge is 2.10. The van der Waals surface area contributed by atoms with Crippen LogP contribution in [0.15, 0.2) is 12.1 Å². The molecular weight excluding hydrogens is 234 g/mol. The van der Waals surface area contributed by atoms with Crippen molar-refractivity contribution in [3.05, 3.63) is 23.0 Å². The summed E-state index contributed by atoms with van der Waals surface area (Å²) in [5.74, 6) is -0.417. The maximum atomic E-state index is 11.5. The van der Waals surface area contributed by atoms with Gasteiger partial charge in [-0.1, -0.05) is 11.6 Å². The zero-order valence-electron chi connectivity index (χ0n) is 8.68. The van der Waals surface area contributed by atoms with Crippen LogP contribution in [0.25, 0.3) is 0 Å². The Labute approximate surface area is 97.6 Å². The van der Waals surface area contributed by atoms with Crippen molar-refractivity contribution < 1.29 is 14.6 Å². The summed E-state index contributed by atoms with van der Waals surface area (Å²) in [7, 11) is 1.47. The maximum Gasteiger partial charge on any atom is 0.271 e. The van der Waals surface area contributed by atoms with Crippen LogP contribution in [0.1, 0.15) is 10.5 Å². The first-order valence-electron chi connectivity index (χ1n) is 4.58. The van der Waals surface area contributed by atoms with E-state index in [1.165, 1.54) is 19.2 Å². The van der Waals surface area contributed by atoms with E-state index in [0.717, 1.165) is 0 Å². The van der Waals surface area contributed by atoms with Gasteiger partial charge in [0.1, 0.15) is 0 Å². The van der Waals surface area contributed by atoms with E-state index >= 15 is 0 Å². The van der Waals surface area contributed by atoms with Crippen LogP contribution in [0.2, 0.25) is 5.15 Å². The third-order valence-corrected chi connectivity index (χ3v) is 1.92. The Hall–Kier alpha value is -1.24. The lowest BCUT2D eigenvalue weighted by molar-refractivity contribution is 0.0608. The first kappa shape index (κ1) is 12.8. The molecule has 0 aliphatic carbocycles. The quantitative estimate of drug-likeness (QED) is 0.755. The predicted octanol–water partition coefficient (Wildman–Crippen LogP) is -0.133. The van der Waals surface area contributed by atoms with Gasteiger partial charge in [-0.3, -0.25) is 4.79 Å². The van der Waals surface area contributed by atoms with E-state index < -0.39 is 12.0 Å². The number of ether oxygens (including phenoxy) is 1. The number of halogens is 1. The van der Waals surface area contributed by atoms with E-state index in [0.29, 0.717) is 0 Å². The number of carbonyl (C=O) groups is 1. The number of aliphatic hydroxyl groups is 1. The highest BCUT2D eigenvalue weighted by Crippen LogP contribution is 2.01. The van der Waals surface area contributed by atoms with E-state index in [4.69, 9.17) is 16.3 Å². The summed E-state index contributed by atoms with van der Waals surface area (Å²) in [5.41, 5.74) is 0.147. The van der Waals surface area contributed by atoms with Crippen LogP contribution in [0.4, 0.5) is 0 Å². The van der Waals surface area contributed by atoms with Gasteiger partial charge in [0.15, 0.2) is 10.8 Å². The van der Waals surface area contributed by atoms with Crippen LogP contribution in [0.3, 0.4) is 0 Å². The lowest BCUT2D eigenvalue weighted by Crippen LogP contribution is -2.34. The Balaban J connectivity index is 2.43. The second kappa shape index (κ2) is 6.37. The molecule has 16 heavy (non-hydrogen) atoms. The van der Waals surface area contributed by atoms with E-state index in [2.05, 4.69) is 15.5 Å². The molecule has 1 unspecified atom stereocenters. The normalized spacial score (nSPS) is 12.2. The predicted molar refractivity (Wildman–Crippen MR) is 57.3 cm³/mol. The van der Waals surface area contributed by atoms with Gasteiger partial charge in [0.05, 0.1) is 12.7 Å². The molecule has 0 bridgehead atoms. The molecule has 0 aliphatic heterocycles. The number of rotatable bonds is 5. The van der Waals surface area contributed by atoms with Crippen LogP contribution >= 0.6 is 11.6 Å². The van der Waals surface area contributed by atoms with E-state index in [9.17, 15) is 9.90 Å². The second-order valence-electron chi connectivity index (χ2n) is 3.06. The van der Waals surface area contributed by atoms with Gasteiger partial charge in [-0.25, -0.2) is 0 Å². The molecular formula is C9H12ClN3O3. The first-order chi connectivity index (χ1) is 7.63. The molecule has 1 aromatic heterocycles. The molecule has 88 valence electrons. The molecule has 6 nitrogen and oxygen atoms in total. The minimum absolute atomic E-state index is 0.0942. The molecule has 7 heteroatoms. The minimum Gasteiger partial charge on any atom is -0.389 e. The topological polar surface area (TPSA) is 84.3 Å². The van der Waals surface area contributed by atoms with Gasteiger partial charge in [0, 0.05) is 13.7 Å². The first-order valence-corrected chi connectivity index (χ1v) is 4.95. The van der Waals surface area contributed by atoms with E-state index in [1.807, 2.05) is 0 Å². The summed E-state index contributed by atoms with van der Waals surface area (Å²) >= 11 is 5.52. The van der Waals surface area contributed by atoms with Crippen molar-refractivity contribution in [2.45, 2.75) is 6.10 Å². The Bertz CT molecular complexity index is 344. The average molecular weight is 246 g/mol. The molecule has 0 aromatic carbocycles. The molecule has 1 rings (SSSR count). The average Bonchev–Trinajstić information content (AvgIpc) is 2.27. The van der Waals surface area contributed by atoms with Crippen molar-refractivity contribution in [1.82, 2.24) is 15.5 Å². The number of nitrogens with one attached hydrogen (secondary N) is 1. The number of nitrogens with zero attached hydrogens (tertiary/aromatic N) is 2. The molecule has 1 amide bonds. The zero-order valence-corrected chi connectivity index (χ0v) is 9.44. The van der Waals surface area contributed by atoms with Crippen molar-refractivity contribution in [3.8, 4) is 0 Å². The molecule has 1 heterocycles. The maximum absolute atomic E-state index is 11.5. The van der Waals surface area contributed by atoms with Crippen LogP contribution in [0.5, 0.6) is 0 Å². The summed E-state index contributed by atoms with van der Waals surface area (Å²) in [4.78, 5) is 11.5. The lowest BCUT2D eigenvalue weighted by Gasteiger charge is -2.09. The Morgan fingerprint density at radius 2 is 2.38 bits per heavy atom. The van der Waals surface area contributed by atoms with Crippen molar-refractivity contribution >= 4 is 17.5 Å². The van der Waals surface area contributed by atoms with Crippen molar-refractivity contribution in [3.63, 3.8) is 0 Å². The van der Waals surface area contributed by atoms with Crippen LogP contribution in [-0.2, 0) is 4.74 Å². The van der Waals surface area contributed by atoms with Crippen LogP contribution in [0, 0.1) is 0 Å². The number of methoxy groups -OCH3 is 1. The SMILES string of the molecule is COCC(O)CNC(=O)c1ccc(Cl)nn1. The van der Waals surface area contributed by atoms with Crippen molar-refractivity contribution in [2.24, 2.45) is 0 Å². The van der Waals surface area contributed by atoms with E-state index in [1.54, 1.807) is 0 Å². The summed E-state index contributed by atoms with van der Waals surface area (Å²) in [6, 6.07) is 2.92. The fourth-order valence-electron chi connectivity index (χ4n) is 0.989. The summed E-state index contributed by atoms with van der Waals surface area (Å²) < 4.78 is 4.71. The molecule has 1 atom stereocenters. The van der Waals surface area contributed by atoms with Crippen LogP contribution in [-0.4, -0.2) is 47.6 Å². The third kappa shape index (κ3) is 4.09. The van der Waals surface area contributed by atoms with Gasteiger partial charge in [-0.05, 0) is 12.1 Å². The molecule has 2 N–H and O–H groups in total. The number of amides is 1. The Morgan fingerprint density at radius 3 is 2.94 bits per heavy atom. The van der Waals surface area contributed by atoms with E-state index in [-0.39, 0.29) is 24.0 Å². The molecule has 0 saturated carbocycles. The van der Waals surface area contributed by atoms with Crippen LogP contribution < -0.4 is 5.32 Å². The summed E-state index contributed by atoms with van der Waals surface area (Å²) in [6.45, 7) is 0.254. The van der Waals surface area contributed by atoms with Gasteiger partial charge in [-0.15, -0.1) is 10.2 Å². The molecule has 1 aromatic rings. The molecule has 0 spiro atoms. The number of aliphatic hydroxyl groups excluding tert-OH is 1. The van der Waals surface area contributed by atoms with Gasteiger partial charge >= 0.3 is 0 Å². The highest BCUT2D eigenvalue weighted by atomic mass is 35.5.